The Hall–Kier alpha value is -1.87. The van der Waals surface area contributed by atoms with E-state index in [1.807, 2.05) is 0 Å². The lowest BCUT2D eigenvalue weighted by molar-refractivity contribution is 0.664. The number of hydrogen-bond donors (Lipinski definition) is 1. The number of nitrogens with one attached hydrogen (secondary N) is 1. The van der Waals surface area contributed by atoms with Crippen molar-refractivity contribution >= 4 is 11.5 Å². The van der Waals surface area contributed by atoms with Crippen LogP contribution in [0, 0.1) is 13.8 Å². The molecule has 0 unspecified atom stereocenters. The molecular weight excluding hydrogens is 258 g/mol. The van der Waals surface area contributed by atoms with Gasteiger partial charge in [0.2, 0.25) is 0 Å². The highest BCUT2D eigenvalue weighted by Gasteiger charge is 2.07. The Labute approximate surface area is 128 Å². The number of aryl methyl sites for hydroxylation is 2. The number of aromatic nitrogens is 1. The van der Waals surface area contributed by atoms with Gasteiger partial charge in [-0.1, -0.05) is 19.1 Å². The molecule has 0 aliphatic carbocycles. The van der Waals surface area contributed by atoms with Crippen LogP contribution in [0.4, 0.5) is 11.5 Å². The number of pyridine rings is 1. The summed E-state index contributed by atoms with van der Waals surface area (Å²) in [4.78, 5) is 6.89. The van der Waals surface area contributed by atoms with Gasteiger partial charge in [0, 0.05) is 19.3 Å². The Balaban J connectivity index is 2.18. The van der Waals surface area contributed by atoms with Crippen LogP contribution in [0.5, 0.6) is 0 Å². The average molecular weight is 283 g/mol. The summed E-state index contributed by atoms with van der Waals surface area (Å²) < 4.78 is 0. The first-order valence-corrected chi connectivity index (χ1v) is 7.59. The summed E-state index contributed by atoms with van der Waals surface area (Å²) in [5.74, 6) is 0.982. The molecule has 0 amide bonds. The predicted molar refractivity (Wildman–Crippen MR) is 90.2 cm³/mol. The highest BCUT2D eigenvalue weighted by molar-refractivity contribution is 5.61. The fourth-order valence-electron chi connectivity index (χ4n) is 2.42. The van der Waals surface area contributed by atoms with E-state index in [0.29, 0.717) is 0 Å². The maximum atomic E-state index is 4.74. The van der Waals surface area contributed by atoms with Crippen LogP contribution in [-0.2, 0) is 6.54 Å². The highest BCUT2D eigenvalue weighted by Crippen LogP contribution is 2.24. The zero-order valence-electron chi connectivity index (χ0n) is 13.5. The minimum absolute atomic E-state index is 0.822. The number of benzene rings is 1. The highest BCUT2D eigenvalue weighted by atomic mass is 15.2. The summed E-state index contributed by atoms with van der Waals surface area (Å²) >= 11 is 0. The largest absolute Gasteiger partial charge is 0.329 e. The van der Waals surface area contributed by atoms with E-state index in [0.717, 1.165) is 31.0 Å². The molecule has 0 aliphatic rings. The standard InChI is InChI=1S/C18H25N3/c1-5-9-19-13-16-7-6-8-18(20-16)21(4)17-11-14(2)10-15(3)12-17/h6-8,10-12,19H,5,9,13H2,1-4H3. The molecule has 112 valence electrons. The van der Waals surface area contributed by atoms with E-state index < -0.39 is 0 Å². The van der Waals surface area contributed by atoms with Gasteiger partial charge in [-0.3, -0.25) is 0 Å². The summed E-state index contributed by atoms with van der Waals surface area (Å²) in [5, 5.41) is 3.39. The fraction of sp³-hybridized carbons (Fsp3) is 0.389. The molecule has 1 aromatic heterocycles. The third-order valence-electron chi connectivity index (χ3n) is 3.46. The molecule has 0 atom stereocenters. The van der Waals surface area contributed by atoms with Crippen molar-refractivity contribution in [3.05, 3.63) is 53.2 Å². The molecule has 0 saturated carbocycles. The van der Waals surface area contributed by atoms with Crippen molar-refractivity contribution in [2.75, 3.05) is 18.5 Å². The maximum Gasteiger partial charge on any atom is 0.133 e. The van der Waals surface area contributed by atoms with Gasteiger partial charge in [0.15, 0.2) is 0 Å². The Kier molecular flexibility index (Phi) is 5.34. The lowest BCUT2D eigenvalue weighted by Crippen LogP contribution is -2.17. The van der Waals surface area contributed by atoms with Crippen molar-refractivity contribution in [1.82, 2.24) is 10.3 Å². The summed E-state index contributed by atoms with van der Waals surface area (Å²) in [7, 11) is 2.07. The minimum atomic E-state index is 0.822. The second-order valence-electron chi connectivity index (χ2n) is 5.57. The Bertz CT molecular complexity index is 573. The zero-order chi connectivity index (χ0) is 15.2. The smallest absolute Gasteiger partial charge is 0.133 e. The number of nitrogens with zero attached hydrogens (tertiary/aromatic N) is 2. The second-order valence-corrected chi connectivity index (χ2v) is 5.57. The van der Waals surface area contributed by atoms with E-state index in [9.17, 15) is 0 Å². The van der Waals surface area contributed by atoms with Gasteiger partial charge >= 0.3 is 0 Å². The number of hydrogen-bond acceptors (Lipinski definition) is 3. The summed E-state index contributed by atoms with van der Waals surface area (Å²) in [6.45, 7) is 8.28. The van der Waals surface area contributed by atoms with Crippen LogP contribution in [0.15, 0.2) is 36.4 Å². The van der Waals surface area contributed by atoms with Gasteiger partial charge in [0.1, 0.15) is 5.82 Å². The first kappa shape index (κ1) is 15.5. The fourth-order valence-corrected chi connectivity index (χ4v) is 2.42. The Morgan fingerprint density at radius 3 is 2.48 bits per heavy atom. The van der Waals surface area contributed by atoms with E-state index in [1.54, 1.807) is 0 Å². The van der Waals surface area contributed by atoms with E-state index in [-0.39, 0.29) is 0 Å². The molecule has 0 aliphatic heterocycles. The molecule has 2 rings (SSSR count). The van der Waals surface area contributed by atoms with Crippen LogP contribution < -0.4 is 10.2 Å². The Morgan fingerprint density at radius 1 is 1.10 bits per heavy atom. The van der Waals surface area contributed by atoms with Crippen LogP contribution in [0.25, 0.3) is 0 Å². The molecule has 2 aromatic rings. The van der Waals surface area contributed by atoms with Crippen LogP contribution in [0.2, 0.25) is 0 Å². The van der Waals surface area contributed by atoms with Crippen LogP contribution in [0.3, 0.4) is 0 Å². The summed E-state index contributed by atoms with van der Waals surface area (Å²) in [6, 6.07) is 12.8. The first-order chi connectivity index (χ1) is 10.1. The normalized spacial score (nSPS) is 10.7. The van der Waals surface area contributed by atoms with E-state index in [1.165, 1.54) is 16.8 Å². The summed E-state index contributed by atoms with van der Waals surface area (Å²) in [6.07, 6.45) is 1.14. The lowest BCUT2D eigenvalue weighted by atomic mass is 10.1. The van der Waals surface area contributed by atoms with E-state index in [4.69, 9.17) is 4.98 Å². The van der Waals surface area contributed by atoms with Gasteiger partial charge in [-0.25, -0.2) is 4.98 Å². The molecule has 0 bridgehead atoms. The second kappa shape index (κ2) is 7.23. The molecule has 0 radical (unpaired) electrons. The van der Waals surface area contributed by atoms with Crippen molar-refractivity contribution in [3.8, 4) is 0 Å². The molecule has 0 spiro atoms. The SMILES string of the molecule is CCCNCc1cccc(N(C)c2cc(C)cc(C)c2)n1. The van der Waals surface area contributed by atoms with Crippen molar-refractivity contribution in [2.24, 2.45) is 0 Å². The average Bonchev–Trinajstić information content (AvgIpc) is 2.46. The van der Waals surface area contributed by atoms with Gasteiger partial charge in [0.05, 0.1) is 5.69 Å². The van der Waals surface area contributed by atoms with Gasteiger partial charge in [-0.15, -0.1) is 0 Å². The van der Waals surface area contributed by atoms with Gasteiger partial charge < -0.3 is 10.2 Å². The molecule has 1 heterocycles. The molecule has 0 fully saturated rings. The van der Waals surface area contributed by atoms with Gasteiger partial charge in [-0.05, 0) is 62.2 Å². The Morgan fingerprint density at radius 2 is 1.81 bits per heavy atom. The van der Waals surface area contributed by atoms with E-state index >= 15 is 0 Å². The molecule has 1 N–H and O–H groups in total. The third-order valence-corrected chi connectivity index (χ3v) is 3.46. The van der Waals surface area contributed by atoms with Crippen molar-refractivity contribution < 1.29 is 0 Å². The molecule has 1 aromatic carbocycles. The van der Waals surface area contributed by atoms with Crippen molar-refractivity contribution in [2.45, 2.75) is 33.7 Å². The van der Waals surface area contributed by atoms with Gasteiger partial charge in [-0.2, -0.15) is 0 Å². The topological polar surface area (TPSA) is 28.2 Å². The monoisotopic (exact) mass is 283 g/mol. The van der Waals surface area contributed by atoms with Crippen LogP contribution in [-0.4, -0.2) is 18.6 Å². The zero-order valence-corrected chi connectivity index (χ0v) is 13.5. The predicted octanol–water partition coefficient (Wildman–Crippen LogP) is 3.97. The van der Waals surface area contributed by atoms with Crippen LogP contribution >= 0.6 is 0 Å². The maximum absolute atomic E-state index is 4.74. The molecule has 21 heavy (non-hydrogen) atoms. The summed E-state index contributed by atoms with van der Waals surface area (Å²) in [5.41, 5.74) is 4.81. The quantitative estimate of drug-likeness (QED) is 0.813. The van der Waals surface area contributed by atoms with Gasteiger partial charge in [0.25, 0.3) is 0 Å². The van der Waals surface area contributed by atoms with Crippen LogP contribution in [0.1, 0.15) is 30.2 Å². The van der Waals surface area contributed by atoms with E-state index in [2.05, 4.69) is 74.4 Å². The molecular formula is C18H25N3. The minimum Gasteiger partial charge on any atom is -0.329 e. The molecule has 3 nitrogen and oxygen atoms in total. The lowest BCUT2D eigenvalue weighted by Gasteiger charge is -2.20. The third kappa shape index (κ3) is 4.30. The molecule has 0 saturated heterocycles. The number of anilines is 2. The van der Waals surface area contributed by atoms with Crippen molar-refractivity contribution in [3.63, 3.8) is 0 Å². The first-order valence-electron chi connectivity index (χ1n) is 7.59. The molecule has 3 heteroatoms. The number of rotatable bonds is 6. The van der Waals surface area contributed by atoms with Crippen molar-refractivity contribution in [1.29, 1.82) is 0 Å².